The van der Waals surface area contributed by atoms with Gasteiger partial charge in [-0.25, -0.2) is 9.97 Å². The molecule has 1 amide bonds. The van der Waals surface area contributed by atoms with Gasteiger partial charge in [-0.2, -0.15) is 0 Å². The molecule has 1 saturated heterocycles. The van der Waals surface area contributed by atoms with Crippen molar-refractivity contribution in [2.24, 2.45) is 0 Å². The van der Waals surface area contributed by atoms with Crippen LogP contribution in [-0.4, -0.2) is 43.8 Å². The topological polar surface area (TPSA) is 84.0 Å². The maximum absolute atomic E-state index is 12.7. The van der Waals surface area contributed by atoms with Crippen LogP contribution in [0.3, 0.4) is 0 Å². The third-order valence-corrected chi connectivity index (χ3v) is 5.05. The minimum absolute atomic E-state index is 0.0755. The Balaban J connectivity index is 1.29. The lowest BCUT2D eigenvalue weighted by Gasteiger charge is -2.38. The highest BCUT2D eigenvalue weighted by Gasteiger charge is 2.36. The quantitative estimate of drug-likeness (QED) is 0.759. The Labute approximate surface area is 162 Å². The summed E-state index contributed by atoms with van der Waals surface area (Å²) < 4.78 is 5.90. The van der Waals surface area contributed by atoms with Crippen LogP contribution in [0.2, 0.25) is 0 Å². The molecule has 5 rings (SSSR count). The summed E-state index contributed by atoms with van der Waals surface area (Å²) in [5, 5.41) is 0. The van der Waals surface area contributed by atoms with Gasteiger partial charge in [-0.15, -0.1) is 0 Å². The molecular weight excluding hydrogens is 354 g/mol. The van der Waals surface area contributed by atoms with Gasteiger partial charge in [0, 0.05) is 37.1 Å². The number of likely N-dealkylation sites (tertiary alicyclic amines) is 1. The second-order valence-corrected chi connectivity index (χ2v) is 6.96. The fraction of sp³-hybridized carbons (Fsp3) is 0.238. The van der Waals surface area contributed by atoms with Crippen LogP contribution in [-0.2, 0) is 6.42 Å². The van der Waals surface area contributed by atoms with Gasteiger partial charge in [0.25, 0.3) is 5.91 Å². The van der Waals surface area contributed by atoms with E-state index in [-0.39, 0.29) is 11.8 Å². The van der Waals surface area contributed by atoms with E-state index in [2.05, 4.69) is 26.0 Å². The van der Waals surface area contributed by atoms with E-state index in [1.807, 2.05) is 36.4 Å². The molecule has 1 N–H and O–H groups in total. The molecule has 2 aromatic heterocycles. The summed E-state index contributed by atoms with van der Waals surface area (Å²) in [6.07, 6.45) is 9.20. The molecule has 0 unspecified atom stereocenters. The van der Waals surface area contributed by atoms with Crippen LogP contribution in [0.5, 0.6) is 11.6 Å². The van der Waals surface area contributed by atoms with Crippen molar-refractivity contribution >= 4 is 12.0 Å². The van der Waals surface area contributed by atoms with E-state index in [0.717, 1.165) is 29.9 Å². The number of fused-ring (bicyclic) bond motifs is 1. The lowest BCUT2D eigenvalue weighted by molar-refractivity contribution is 0.0584. The van der Waals surface area contributed by atoms with Crippen molar-refractivity contribution in [1.82, 2.24) is 24.8 Å². The van der Waals surface area contributed by atoms with Crippen molar-refractivity contribution in [2.45, 2.75) is 18.8 Å². The van der Waals surface area contributed by atoms with E-state index in [1.165, 1.54) is 0 Å². The van der Waals surface area contributed by atoms with Gasteiger partial charge in [0.1, 0.15) is 11.4 Å². The fourth-order valence-corrected chi connectivity index (χ4v) is 3.54. The summed E-state index contributed by atoms with van der Waals surface area (Å²) >= 11 is 0. The molecule has 0 saturated carbocycles. The van der Waals surface area contributed by atoms with E-state index in [4.69, 9.17) is 4.74 Å². The Morgan fingerprint density at radius 1 is 1.14 bits per heavy atom. The highest BCUT2D eigenvalue weighted by atomic mass is 16.5. The van der Waals surface area contributed by atoms with Gasteiger partial charge in [0.15, 0.2) is 5.82 Å². The molecule has 0 bridgehead atoms. The van der Waals surface area contributed by atoms with Crippen molar-refractivity contribution in [1.29, 1.82) is 0 Å². The summed E-state index contributed by atoms with van der Waals surface area (Å²) in [6, 6.07) is 9.51. The molecule has 28 heavy (non-hydrogen) atoms. The first-order valence-electron chi connectivity index (χ1n) is 9.36. The molecule has 0 radical (unpaired) electrons. The molecule has 3 aromatic rings. The number of hydrogen-bond acceptors (Lipinski definition) is 5. The predicted octanol–water partition coefficient (Wildman–Crippen LogP) is 3.19. The smallest absolute Gasteiger partial charge is 0.289 e. The number of allylic oxidation sites excluding steroid dienone is 1. The van der Waals surface area contributed by atoms with E-state index in [0.29, 0.717) is 30.5 Å². The summed E-state index contributed by atoms with van der Waals surface area (Å²) in [5.41, 5.74) is 2.69. The molecule has 1 fully saturated rings. The summed E-state index contributed by atoms with van der Waals surface area (Å²) in [7, 11) is 0. The van der Waals surface area contributed by atoms with Crippen LogP contribution in [0.15, 0.2) is 48.8 Å². The van der Waals surface area contributed by atoms with Crippen LogP contribution in [0.4, 0.5) is 0 Å². The number of imidazole rings is 1. The predicted molar refractivity (Wildman–Crippen MR) is 103 cm³/mol. The van der Waals surface area contributed by atoms with Gasteiger partial charge in [-0.3, -0.25) is 9.78 Å². The molecular formula is C21H19N5O2. The molecule has 1 aliphatic heterocycles. The highest BCUT2D eigenvalue weighted by Crippen LogP contribution is 2.33. The number of nitrogens with one attached hydrogen (secondary N) is 1. The fourth-order valence-electron chi connectivity index (χ4n) is 3.54. The van der Waals surface area contributed by atoms with Gasteiger partial charge in [-0.1, -0.05) is 24.3 Å². The van der Waals surface area contributed by atoms with Gasteiger partial charge in [0.05, 0.1) is 5.69 Å². The number of aryl methyl sites for hydroxylation is 1. The average Bonchev–Trinajstić information content (AvgIpc) is 3.13. The Hall–Kier alpha value is -3.48. The molecule has 3 heterocycles. The first-order valence-corrected chi connectivity index (χ1v) is 9.36. The van der Waals surface area contributed by atoms with E-state index in [9.17, 15) is 4.79 Å². The number of hydrogen-bond donors (Lipinski definition) is 1. The van der Waals surface area contributed by atoms with Gasteiger partial charge in [-0.05, 0) is 31.1 Å². The van der Waals surface area contributed by atoms with Crippen LogP contribution >= 0.6 is 0 Å². The van der Waals surface area contributed by atoms with Crippen molar-refractivity contribution in [3.8, 4) is 11.6 Å². The van der Waals surface area contributed by atoms with Crippen molar-refractivity contribution in [2.75, 3.05) is 13.1 Å². The van der Waals surface area contributed by atoms with Crippen LogP contribution in [0.25, 0.3) is 6.08 Å². The zero-order valence-electron chi connectivity index (χ0n) is 15.2. The van der Waals surface area contributed by atoms with E-state index >= 15 is 0 Å². The first kappa shape index (κ1) is 16.7. The Morgan fingerprint density at radius 3 is 2.79 bits per heavy atom. The highest BCUT2D eigenvalue weighted by molar-refractivity contribution is 5.92. The first-order chi connectivity index (χ1) is 13.8. The minimum Gasteiger partial charge on any atom is -0.437 e. The number of para-hydroxylation sites is 1. The van der Waals surface area contributed by atoms with Gasteiger partial charge >= 0.3 is 0 Å². The standard InChI is InChI=1S/C21H19N5O2/c27-21(19-24-16-8-4-5-9-17(16)25-19)26-12-14(13-26)18-20(23-11-10-22-18)28-15-6-2-1-3-7-15/h1-4,6-8,10-11,14H,5,9,12-13H2,(H,24,25). The number of ether oxygens (including phenoxy) is 1. The summed E-state index contributed by atoms with van der Waals surface area (Å²) in [6.45, 7) is 1.15. The number of H-pyrrole nitrogens is 1. The molecule has 7 heteroatoms. The number of nitrogens with zero attached hydrogens (tertiary/aromatic N) is 4. The van der Waals surface area contributed by atoms with Crippen molar-refractivity contribution < 1.29 is 9.53 Å². The number of amides is 1. The molecule has 1 aliphatic carbocycles. The lowest BCUT2D eigenvalue weighted by Crippen LogP contribution is -2.49. The molecule has 0 atom stereocenters. The maximum atomic E-state index is 12.7. The average molecular weight is 373 g/mol. The Bertz CT molecular complexity index is 1040. The van der Waals surface area contributed by atoms with Gasteiger partial charge in [0.2, 0.25) is 5.88 Å². The summed E-state index contributed by atoms with van der Waals surface area (Å²) in [5.74, 6) is 1.64. The Morgan fingerprint density at radius 2 is 1.96 bits per heavy atom. The Kier molecular flexibility index (Phi) is 4.12. The van der Waals surface area contributed by atoms with E-state index < -0.39 is 0 Å². The molecule has 0 spiro atoms. The van der Waals surface area contributed by atoms with Gasteiger partial charge < -0.3 is 14.6 Å². The third kappa shape index (κ3) is 3.05. The SMILES string of the molecule is O=C(c1nc2c([nH]1)CCC=C2)N1CC(c2nccnc2Oc2ccccc2)C1. The molecule has 1 aromatic carbocycles. The second-order valence-electron chi connectivity index (χ2n) is 6.96. The number of carbonyl (C=O) groups excluding carboxylic acids is 1. The molecule has 2 aliphatic rings. The molecule has 7 nitrogen and oxygen atoms in total. The number of rotatable bonds is 4. The minimum atomic E-state index is -0.0755. The third-order valence-electron chi connectivity index (χ3n) is 5.05. The lowest BCUT2D eigenvalue weighted by atomic mass is 9.96. The maximum Gasteiger partial charge on any atom is 0.289 e. The number of benzene rings is 1. The number of aromatic amines is 1. The zero-order chi connectivity index (χ0) is 18.9. The molecule has 140 valence electrons. The van der Waals surface area contributed by atoms with Crippen LogP contribution < -0.4 is 4.74 Å². The zero-order valence-corrected chi connectivity index (χ0v) is 15.2. The second kappa shape index (κ2) is 6.92. The normalized spacial score (nSPS) is 15.8. The van der Waals surface area contributed by atoms with Crippen molar-refractivity contribution in [3.63, 3.8) is 0 Å². The van der Waals surface area contributed by atoms with E-state index in [1.54, 1.807) is 17.3 Å². The van der Waals surface area contributed by atoms with Crippen LogP contribution in [0.1, 0.15) is 40.0 Å². The monoisotopic (exact) mass is 373 g/mol. The largest absolute Gasteiger partial charge is 0.437 e. The number of aromatic nitrogens is 4. The number of carbonyl (C=O) groups is 1. The van der Waals surface area contributed by atoms with Crippen molar-refractivity contribution in [3.05, 3.63) is 71.7 Å². The summed E-state index contributed by atoms with van der Waals surface area (Å²) in [4.78, 5) is 30.9. The van der Waals surface area contributed by atoms with Crippen LogP contribution in [0, 0.1) is 0 Å².